The third-order valence-electron chi connectivity index (χ3n) is 3.89. The molecule has 0 saturated carbocycles. The molecule has 1 heterocycles. The molecule has 1 aromatic rings. The van der Waals surface area contributed by atoms with Gasteiger partial charge in [0.15, 0.2) is 0 Å². The van der Waals surface area contributed by atoms with Crippen LogP contribution in [0.1, 0.15) is 38.2 Å². The average molecular weight is 274 g/mol. The predicted molar refractivity (Wildman–Crippen MR) is 78.3 cm³/mol. The third kappa shape index (κ3) is 3.38. The summed E-state index contributed by atoms with van der Waals surface area (Å²) >= 11 is 0. The highest BCUT2D eigenvalue weighted by molar-refractivity contribution is 5.94. The van der Waals surface area contributed by atoms with Gasteiger partial charge in [-0.3, -0.25) is 9.59 Å². The normalized spacial score (nSPS) is 20.7. The van der Waals surface area contributed by atoms with Crippen LogP contribution in [0.25, 0.3) is 0 Å². The smallest absolute Gasteiger partial charge is 0.245 e. The Bertz CT molecular complexity index is 473. The number of carbonyl (C=O) groups excluding carboxylic acids is 2. The molecular weight excluding hydrogens is 252 g/mol. The Balaban J connectivity index is 1.92. The maximum absolute atomic E-state index is 12.2. The number of nitrogens with one attached hydrogen (secondary N) is 1. The van der Waals surface area contributed by atoms with Crippen molar-refractivity contribution >= 4 is 11.8 Å². The summed E-state index contributed by atoms with van der Waals surface area (Å²) < 4.78 is 0. The fourth-order valence-corrected chi connectivity index (χ4v) is 2.54. The van der Waals surface area contributed by atoms with Crippen molar-refractivity contribution < 1.29 is 9.59 Å². The monoisotopic (exact) mass is 274 g/mol. The van der Waals surface area contributed by atoms with Crippen LogP contribution in [0.15, 0.2) is 30.3 Å². The standard InChI is InChI=1S/C16H22N2O2/c1-3-14-16(20)18(11-15(19)17-14)10-9-12(2)13-7-5-4-6-8-13/h4-8,12,14H,3,9-11H2,1-2H3,(H,17,19). The molecule has 1 aliphatic rings. The maximum atomic E-state index is 12.2. The molecule has 108 valence electrons. The van der Waals surface area contributed by atoms with E-state index in [9.17, 15) is 9.59 Å². The minimum absolute atomic E-state index is 0.0485. The topological polar surface area (TPSA) is 49.4 Å². The van der Waals surface area contributed by atoms with Crippen molar-refractivity contribution in [3.8, 4) is 0 Å². The minimum Gasteiger partial charge on any atom is -0.343 e. The van der Waals surface area contributed by atoms with E-state index < -0.39 is 0 Å². The number of hydrogen-bond acceptors (Lipinski definition) is 2. The molecule has 0 spiro atoms. The summed E-state index contributed by atoms with van der Waals surface area (Å²) in [6.45, 7) is 4.90. The van der Waals surface area contributed by atoms with E-state index in [0.29, 0.717) is 18.9 Å². The van der Waals surface area contributed by atoms with Gasteiger partial charge in [0.05, 0.1) is 6.54 Å². The van der Waals surface area contributed by atoms with Gasteiger partial charge in [0.25, 0.3) is 0 Å². The molecule has 2 unspecified atom stereocenters. The first-order chi connectivity index (χ1) is 9.61. The SMILES string of the molecule is CCC1NC(=O)CN(CCC(C)c2ccccc2)C1=O. The predicted octanol–water partition coefficient (Wildman–Crippen LogP) is 1.92. The number of rotatable bonds is 5. The molecule has 2 amide bonds. The van der Waals surface area contributed by atoms with Gasteiger partial charge in [-0.15, -0.1) is 0 Å². The van der Waals surface area contributed by atoms with Gasteiger partial charge in [0, 0.05) is 6.54 Å². The lowest BCUT2D eigenvalue weighted by atomic mass is 9.97. The second-order valence-corrected chi connectivity index (χ2v) is 5.39. The molecule has 1 aliphatic heterocycles. The first-order valence-corrected chi connectivity index (χ1v) is 7.25. The largest absolute Gasteiger partial charge is 0.343 e. The molecule has 20 heavy (non-hydrogen) atoms. The molecular formula is C16H22N2O2. The summed E-state index contributed by atoms with van der Waals surface area (Å²) in [4.78, 5) is 25.4. The quantitative estimate of drug-likeness (QED) is 0.891. The summed E-state index contributed by atoms with van der Waals surface area (Å²) in [7, 11) is 0. The Labute approximate surface area is 120 Å². The summed E-state index contributed by atoms with van der Waals surface area (Å²) in [5.74, 6) is 0.380. The first kappa shape index (κ1) is 14.6. The van der Waals surface area contributed by atoms with Crippen molar-refractivity contribution in [1.29, 1.82) is 0 Å². The van der Waals surface area contributed by atoms with Crippen molar-refractivity contribution in [2.45, 2.75) is 38.6 Å². The van der Waals surface area contributed by atoms with Gasteiger partial charge < -0.3 is 10.2 Å². The summed E-state index contributed by atoms with van der Waals surface area (Å²) in [6, 6.07) is 9.91. The number of amides is 2. The Kier molecular flexibility index (Phi) is 4.77. The maximum Gasteiger partial charge on any atom is 0.245 e. The zero-order valence-electron chi connectivity index (χ0n) is 12.1. The van der Waals surface area contributed by atoms with Crippen LogP contribution in [0, 0.1) is 0 Å². The van der Waals surface area contributed by atoms with E-state index in [1.807, 2.05) is 25.1 Å². The van der Waals surface area contributed by atoms with Gasteiger partial charge in [0.2, 0.25) is 11.8 Å². The lowest BCUT2D eigenvalue weighted by Crippen LogP contribution is -2.57. The average Bonchev–Trinajstić information content (AvgIpc) is 2.48. The van der Waals surface area contributed by atoms with Crippen LogP contribution in [-0.4, -0.2) is 35.8 Å². The molecule has 4 heteroatoms. The van der Waals surface area contributed by atoms with E-state index in [-0.39, 0.29) is 24.4 Å². The highest BCUT2D eigenvalue weighted by Gasteiger charge is 2.31. The Morgan fingerprint density at radius 3 is 2.65 bits per heavy atom. The number of hydrogen-bond donors (Lipinski definition) is 1. The molecule has 0 aromatic heterocycles. The summed E-state index contributed by atoms with van der Waals surface area (Å²) in [5.41, 5.74) is 1.27. The zero-order valence-corrected chi connectivity index (χ0v) is 12.1. The molecule has 4 nitrogen and oxygen atoms in total. The molecule has 0 aliphatic carbocycles. The summed E-state index contributed by atoms with van der Waals surface area (Å²) in [6.07, 6.45) is 1.52. The second-order valence-electron chi connectivity index (χ2n) is 5.39. The van der Waals surface area contributed by atoms with E-state index in [4.69, 9.17) is 0 Å². The van der Waals surface area contributed by atoms with Gasteiger partial charge >= 0.3 is 0 Å². The van der Waals surface area contributed by atoms with Crippen LogP contribution in [-0.2, 0) is 9.59 Å². The molecule has 1 saturated heterocycles. The van der Waals surface area contributed by atoms with Crippen LogP contribution in [0.2, 0.25) is 0 Å². The number of benzene rings is 1. The number of nitrogens with zero attached hydrogens (tertiary/aromatic N) is 1. The Morgan fingerprint density at radius 1 is 1.30 bits per heavy atom. The fourth-order valence-electron chi connectivity index (χ4n) is 2.54. The molecule has 2 atom stereocenters. The van der Waals surface area contributed by atoms with Crippen molar-refractivity contribution in [3.63, 3.8) is 0 Å². The molecule has 1 aromatic carbocycles. The van der Waals surface area contributed by atoms with E-state index in [1.165, 1.54) is 5.56 Å². The molecule has 0 bridgehead atoms. The molecule has 1 fully saturated rings. The van der Waals surface area contributed by atoms with E-state index in [1.54, 1.807) is 4.90 Å². The van der Waals surface area contributed by atoms with Crippen LogP contribution < -0.4 is 5.32 Å². The molecule has 1 N–H and O–H groups in total. The third-order valence-corrected chi connectivity index (χ3v) is 3.89. The van der Waals surface area contributed by atoms with Gasteiger partial charge in [-0.1, -0.05) is 44.2 Å². The Hall–Kier alpha value is -1.84. The van der Waals surface area contributed by atoms with E-state index in [0.717, 1.165) is 6.42 Å². The van der Waals surface area contributed by atoms with Crippen molar-refractivity contribution in [2.24, 2.45) is 0 Å². The van der Waals surface area contributed by atoms with Gasteiger partial charge in [-0.05, 0) is 24.3 Å². The van der Waals surface area contributed by atoms with Crippen LogP contribution in [0.3, 0.4) is 0 Å². The lowest BCUT2D eigenvalue weighted by molar-refractivity contribution is -0.144. The highest BCUT2D eigenvalue weighted by atomic mass is 16.2. The minimum atomic E-state index is -0.344. The number of carbonyl (C=O) groups is 2. The fraction of sp³-hybridized carbons (Fsp3) is 0.500. The van der Waals surface area contributed by atoms with Crippen LogP contribution >= 0.6 is 0 Å². The summed E-state index contributed by atoms with van der Waals surface area (Å²) in [5, 5.41) is 2.73. The highest BCUT2D eigenvalue weighted by Crippen LogP contribution is 2.19. The van der Waals surface area contributed by atoms with Crippen LogP contribution in [0.5, 0.6) is 0 Å². The van der Waals surface area contributed by atoms with Crippen molar-refractivity contribution in [3.05, 3.63) is 35.9 Å². The zero-order chi connectivity index (χ0) is 14.5. The lowest BCUT2D eigenvalue weighted by Gasteiger charge is -2.32. The van der Waals surface area contributed by atoms with Crippen molar-refractivity contribution in [1.82, 2.24) is 10.2 Å². The molecule has 2 rings (SSSR count). The van der Waals surface area contributed by atoms with Gasteiger partial charge in [-0.25, -0.2) is 0 Å². The van der Waals surface area contributed by atoms with Crippen LogP contribution in [0.4, 0.5) is 0 Å². The number of piperazine rings is 1. The van der Waals surface area contributed by atoms with E-state index >= 15 is 0 Å². The van der Waals surface area contributed by atoms with E-state index in [2.05, 4.69) is 24.4 Å². The van der Waals surface area contributed by atoms with Gasteiger partial charge in [0.1, 0.15) is 6.04 Å². The second kappa shape index (κ2) is 6.55. The van der Waals surface area contributed by atoms with Crippen molar-refractivity contribution in [2.75, 3.05) is 13.1 Å². The van der Waals surface area contributed by atoms with Gasteiger partial charge in [-0.2, -0.15) is 0 Å². The first-order valence-electron chi connectivity index (χ1n) is 7.25. The molecule has 0 radical (unpaired) electrons. The Morgan fingerprint density at radius 2 is 2.00 bits per heavy atom.